The van der Waals surface area contributed by atoms with Gasteiger partial charge in [-0.2, -0.15) is 0 Å². The molecular formula is C48H46BN3. The number of rotatable bonds is 4. The van der Waals surface area contributed by atoms with Gasteiger partial charge in [0.05, 0.1) is 11.2 Å². The van der Waals surface area contributed by atoms with Gasteiger partial charge in [0.2, 0.25) is 0 Å². The normalized spacial score (nSPS) is 20.6. The van der Waals surface area contributed by atoms with Crippen LogP contribution in [-0.4, -0.2) is 12.3 Å². The van der Waals surface area contributed by atoms with Gasteiger partial charge in [0.15, 0.2) is 0 Å². The molecule has 0 spiro atoms. The first-order valence-corrected chi connectivity index (χ1v) is 19.2. The molecule has 52 heavy (non-hydrogen) atoms. The molecule has 10 rings (SSSR count). The third-order valence-electron chi connectivity index (χ3n) is 13.3. The molecule has 3 nitrogen and oxygen atoms in total. The quantitative estimate of drug-likeness (QED) is 0.172. The van der Waals surface area contributed by atoms with Crippen LogP contribution in [-0.2, 0) is 5.41 Å². The maximum Gasteiger partial charge on any atom is 0.252 e. The van der Waals surface area contributed by atoms with E-state index in [0.717, 1.165) is 0 Å². The summed E-state index contributed by atoms with van der Waals surface area (Å²) in [7, 11) is 0. The third-order valence-corrected chi connectivity index (χ3v) is 13.3. The molecule has 0 radical (unpaired) electrons. The summed E-state index contributed by atoms with van der Waals surface area (Å²) in [5.74, 6) is 0. The first-order valence-electron chi connectivity index (χ1n) is 19.2. The average Bonchev–Trinajstić information content (AvgIpc) is 3.35. The van der Waals surface area contributed by atoms with Crippen molar-refractivity contribution in [3.8, 4) is 0 Å². The average molecular weight is 676 g/mol. The fourth-order valence-electron chi connectivity index (χ4n) is 10.7. The van der Waals surface area contributed by atoms with E-state index in [1.807, 2.05) is 0 Å². The molecule has 2 unspecified atom stereocenters. The highest BCUT2D eigenvalue weighted by atomic mass is 15.3. The molecule has 1 saturated carbocycles. The number of anilines is 8. The molecule has 0 saturated heterocycles. The molecule has 256 valence electrons. The molecule has 3 aliphatic heterocycles. The maximum absolute atomic E-state index is 2.84. The lowest BCUT2D eigenvalue weighted by Gasteiger charge is -2.53. The van der Waals surface area contributed by atoms with Gasteiger partial charge in [-0.1, -0.05) is 98.6 Å². The molecule has 0 bridgehead atoms. The standard InChI is InChI=1S/C48H46BN3/c1-31-15-11-19-35(27-31)50(36-20-12-16-32(2)28-36)37-29-42-44-43(30-37)52-46-38(47(5)25-9-10-26-48(47,52)6)21-14-23-40(46)49(44)39-22-13-18-34(4)45(39)51(42)41-24-8-7-17-33(41)3/h7-8,11-24,27-30H,9-10,25-26H2,1-6H3. The van der Waals surface area contributed by atoms with Crippen molar-refractivity contribution in [1.29, 1.82) is 0 Å². The molecule has 6 aromatic carbocycles. The highest BCUT2D eigenvalue weighted by molar-refractivity contribution is 7.00. The number of nitrogens with zero attached hydrogens (tertiary/aromatic N) is 3. The summed E-state index contributed by atoms with van der Waals surface area (Å²) in [6.07, 6.45) is 4.93. The monoisotopic (exact) mass is 675 g/mol. The van der Waals surface area contributed by atoms with Gasteiger partial charge < -0.3 is 14.7 Å². The van der Waals surface area contributed by atoms with Gasteiger partial charge in [0.1, 0.15) is 0 Å². The minimum atomic E-state index is -0.0427. The number of hydrogen-bond donors (Lipinski definition) is 0. The molecule has 4 aliphatic rings. The Labute approximate surface area is 309 Å². The summed E-state index contributed by atoms with van der Waals surface area (Å²) in [6, 6.07) is 46.2. The second kappa shape index (κ2) is 11.1. The van der Waals surface area contributed by atoms with Gasteiger partial charge in [-0.05, 0) is 134 Å². The van der Waals surface area contributed by atoms with Crippen molar-refractivity contribution >= 4 is 68.6 Å². The van der Waals surface area contributed by atoms with Gasteiger partial charge in [-0.15, -0.1) is 0 Å². The minimum absolute atomic E-state index is 0.0427. The summed E-state index contributed by atoms with van der Waals surface area (Å²) < 4.78 is 0. The van der Waals surface area contributed by atoms with Crippen LogP contribution < -0.4 is 31.1 Å². The van der Waals surface area contributed by atoms with Crippen LogP contribution in [0, 0.1) is 27.7 Å². The molecule has 1 fully saturated rings. The molecule has 2 atom stereocenters. The smallest absolute Gasteiger partial charge is 0.252 e. The Kier molecular flexibility index (Phi) is 6.75. The first kappa shape index (κ1) is 31.5. The van der Waals surface area contributed by atoms with Crippen molar-refractivity contribution in [2.24, 2.45) is 0 Å². The van der Waals surface area contributed by atoms with Gasteiger partial charge in [-0.25, -0.2) is 0 Å². The molecule has 1 aliphatic carbocycles. The molecule has 4 heteroatoms. The van der Waals surface area contributed by atoms with E-state index in [1.165, 1.54) is 115 Å². The zero-order chi connectivity index (χ0) is 35.5. The zero-order valence-electron chi connectivity index (χ0n) is 31.3. The Bertz CT molecular complexity index is 2400. The van der Waals surface area contributed by atoms with Crippen molar-refractivity contribution in [1.82, 2.24) is 0 Å². The van der Waals surface area contributed by atoms with Gasteiger partial charge in [0.25, 0.3) is 6.71 Å². The lowest BCUT2D eigenvalue weighted by atomic mass is 9.33. The van der Waals surface area contributed by atoms with Crippen LogP contribution in [0.3, 0.4) is 0 Å². The van der Waals surface area contributed by atoms with Crippen LogP contribution in [0.5, 0.6) is 0 Å². The second-order valence-corrected chi connectivity index (χ2v) is 16.4. The summed E-state index contributed by atoms with van der Waals surface area (Å²) in [5, 5.41) is 0. The SMILES string of the molecule is Cc1cccc(N(c2cccc(C)c2)c2cc3c4c(c2)N2c5c(cccc5C5(C)CCCCC25C)B4c2cccc(C)c2N3c2ccccc2C)c1. The van der Waals surface area contributed by atoms with Crippen molar-refractivity contribution in [3.05, 3.63) is 149 Å². The predicted molar refractivity (Wildman–Crippen MR) is 222 cm³/mol. The molecule has 6 aromatic rings. The van der Waals surface area contributed by atoms with Crippen molar-refractivity contribution in [3.63, 3.8) is 0 Å². The number of hydrogen-bond acceptors (Lipinski definition) is 3. The van der Waals surface area contributed by atoms with Crippen LogP contribution in [0.15, 0.2) is 121 Å². The van der Waals surface area contributed by atoms with E-state index in [-0.39, 0.29) is 17.7 Å². The second-order valence-electron chi connectivity index (χ2n) is 16.4. The summed E-state index contributed by atoms with van der Waals surface area (Å²) in [5.41, 5.74) is 21.1. The maximum atomic E-state index is 2.84. The lowest BCUT2D eigenvalue weighted by molar-refractivity contribution is 0.195. The van der Waals surface area contributed by atoms with Crippen molar-refractivity contribution in [2.75, 3.05) is 14.7 Å². The number of para-hydroxylation sites is 3. The van der Waals surface area contributed by atoms with E-state index in [2.05, 4.69) is 178 Å². The largest absolute Gasteiger partial charge is 0.335 e. The Morgan fingerprint density at radius 2 is 1.17 bits per heavy atom. The lowest BCUT2D eigenvalue weighted by Crippen LogP contribution is -2.64. The van der Waals surface area contributed by atoms with E-state index in [0.29, 0.717) is 0 Å². The van der Waals surface area contributed by atoms with E-state index < -0.39 is 0 Å². The number of aryl methyl sites for hydroxylation is 4. The highest BCUT2D eigenvalue weighted by Gasteiger charge is 2.61. The molecule has 0 amide bonds. The van der Waals surface area contributed by atoms with Crippen LogP contribution in [0.4, 0.5) is 45.5 Å². The fourth-order valence-corrected chi connectivity index (χ4v) is 10.7. The molecule has 3 heterocycles. The Hall–Kier alpha value is -5.22. The highest BCUT2D eigenvalue weighted by Crippen LogP contribution is 2.62. The molecular weight excluding hydrogens is 629 g/mol. The predicted octanol–water partition coefficient (Wildman–Crippen LogP) is 10.7. The van der Waals surface area contributed by atoms with Crippen LogP contribution in [0.25, 0.3) is 0 Å². The first-order chi connectivity index (χ1) is 25.2. The van der Waals surface area contributed by atoms with E-state index in [9.17, 15) is 0 Å². The summed E-state index contributed by atoms with van der Waals surface area (Å²) >= 11 is 0. The number of benzene rings is 6. The summed E-state index contributed by atoms with van der Waals surface area (Å²) in [4.78, 5) is 7.95. The van der Waals surface area contributed by atoms with E-state index >= 15 is 0 Å². The summed E-state index contributed by atoms with van der Waals surface area (Å²) in [6.45, 7) is 14.2. The number of fused-ring (bicyclic) bond motifs is 7. The third kappa shape index (κ3) is 4.15. The Morgan fingerprint density at radius 3 is 1.88 bits per heavy atom. The van der Waals surface area contributed by atoms with E-state index in [1.54, 1.807) is 0 Å². The van der Waals surface area contributed by atoms with Crippen molar-refractivity contribution in [2.45, 2.75) is 78.2 Å². The molecule has 0 aromatic heterocycles. The van der Waals surface area contributed by atoms with Crippen LogP contribution in [0.2, 0.25) is 0 Å². The fraction of sp³-hybridized carbons (Fsp3) is 0.250. The minimum Gasteiger partial charge on any atom is -0.335 e. The Balaban J connectivity index is 1.36. The van der Waals surface area contributed by atoms with Gasteiger partial charge in [0, 0.05) is 45.2 Å². The van der Waals surface area contributed by atoms with Crippen molar-refractivity contribution < 1.29 is 0 Å². The van der Waals surface area contributed by atoms with Gasteiger partial charge in [-0.3, -0.25) is 0 Å². The zero-order valence-corrected chi connectivity index (χ0v) is 31.3. The van der Waals surface area contributed by atoms with E-state index in [4.69, 9.17) is 0 Å². The van der Waals surface area contributed by atoms with Crippen LogP contribution >= 0.6 is 0 Å². The Morgan fingerprint density at radius 1 is 0.558 bits per heavy atom. The topological polar surface area (TPSA) is 9.72 Å². The van der Waals surface area contributed by atoms with Gasteiger partial charge >= 0.3 is 0 Å². The molecule has 0 N–H and O–H groups in total. The van der Waals surface area contributed by atoms with Crippen LogP contribution in [0.1, 0.15) is 67.3 Å².